The van der Waals surface area contributed by atoms with Crippen molar-refractivity contribution < 1.29 is 9.31 Å². The molecule has 0 saturated heterocycles. The third kappa shape index (κ3) is 6.03. The van der Waals surface area contributed by atoms with E-state index in [-0.39, 0.29) is 0 Å². The summed E-state index contributed by atoms with van der Waals surface area (Å²) in [6.45, 7) is 9.02. The first kappa shape index (κ1) is 33.0. The fraction of sp³-hybridized carbons (Fsp3) is 0.271. The molecule has 0 fully saturated rings. The van der Waals surface area contributed by atoms with Crippen LogP contribution in [0, 0.1) is 5.92 Å². The van der Waals surface area contributed by atoms with Gasteiger partial charge in [0.2, 0.25) is 11.4 Å². The molecule has 2 aliphatic rings. The van der Waals surface area contributed by atoms with Gasteiger partial charge in [-0.3, -0.25) is 0 Å². The van der Waals surface area contributed by atoms with Gasteiger partial charge in [-0.25, -0.2) is 0 Å². The number of ether oxygens (including phenoxy) is 1. The molecular weight excluding hydrogens is 621 g/mol. The standard InChI is InChI=1S/C48H49N2O/c1-5-7-29-49-42(40-17-9-13-34-15-11-19-44(49)47(34)40)27-23-37-31-33(3)32-38(46(37)36-21-25-39(51-4)26-22-36)24-28-43-41-18-10-14-35-16-12-20-45(48(35)41)50(43)30-8-6-2/h9-28,33H,5-8,29-32H2,1-4H3/q+1. The maximum Gasteiger partial charge on any atom is 0.214 e. The lowest BCUT2D eigenvalue weighted by atomic mass is 9.78. The van der Waals surface area contributed by atoms with Crippen molar-refractivity contribution in [3.63, 3.8) is 0 Å². The minimum atomic E-state index is 0.530. The third-order valence-electron chi connectivity index (χ3n) is 11.0. The lowest BCUT2D eigenvalue weighted by molar-refractivity contribution is -0.436. The van der Waals surface area contributed by atoms with Gasteiger partial charge in [-0.15, -0.1) is 0 Å². The van der Waals surface area contributed by atoms with Gasteiger partial charge in [0.15, 0.2) is 0 Å². The van der Waals surface area contributed by atoms with Crippen molar-refractivity contribution in [1.82, 2.24) is 4.57 Å². The Morgan fingerprint density at radius 2 is 1.49 bits per heavy atom. The van der Waals surface area contributed by atoms with E-state index in [1.165, 1.54) is 89.9 Å². The molecule has 1 aliphatic heterocycles. The van der Waals surface area contributed by atoms with E-state index in [9.17, 15) is 0 Å². The van der Waals surface area contributed by atoms with Crippen LogP contribution in [0.1, 0.15) is 70.4 Å². The van der Waals surface area contributed by atoms with Gasteiger partial charge in [0.05, 0.1) is 18.1 Å². The molecule has 51 heavy (non-hydrogen) atoms. The molecule has 0 saturated carbocycles. The number of methoxy groups -OCH3 is 1. The summed E-state index contributed by atoms with van der Waals surface area (Å²) in [6, 6.07) is 35.7. The molecule has 1 unspecified atom stereocenters. The maximum absolute atomic E-state index is 5.59. The molecule has 0 radical (unpaired) electrons. The predicted octanol–water partition coefficient (Wildman–Crippen LogP) is 11.6. The summed E-state index contributed by atoms with van der Waals surface area (Å²) in [5.41, 5.74) is 10.7. The average Bonchev–Trinajstić information content (AvgIpc) is 3.64. The molecule has 0 spiro atoms. The van der Waals surface area contributed by atoms with E-state index in [0.29, 0.717) is 5.92 Å². The first-order valence-electron chi connectivity index (χ1n) is 19.0. The Bertz CT molecular complexity index is 2420. The van der Waals surface area contributed by atoms with Gasteiger partial charge in [-0.1, -0.05) is 112 Å². The molecule has 0 N–H and O–H groups in total. The highest BCUT2D eigenvalue weighted by Gasteiger charge is 2.30. The minimum Gasteiger partial charge on any atom is -0.497 e. The molecule has 1 atom stereocenters. The second-order valence-electron chi connectivity index (χ2n) is 14.5. The summed E-state index contributed by atoms with van der Waals surface area (Å²) in [4.78, 5) is 0. The number of aryl methyl sites for hydroxylation is 1. The monoisotopic (exact) mass is 669 g/mol. The van der Waals surface area contributed by atoms with Crippen molar-refractivity contribution in [2.45, 2.75) is 65.8 Å². The third-order valence-corrected chi connectivity index (χ3v) is 11.0. The van der Waals surface area contributed by atoms with Crippen molar-refractivity contribution in [3.8, 4) is 5.75 Å². The molecular formula is C48H49N2O+. The highest BCUT2D eigenvalue weighted by atomic mass is 16.5. The van der Waals surface area contributed by atoms with Crippen LogP contribution < -0.4 is 10.1 Å². The Hall–Kier alpha value is -5.15. The van der Waals surface area contributed by atoms with Gasteiger partial charge in [0.1, 0.15) is 12.3 Å². The Labute approximate surface area is 302 Å². The van der Waals surface area contributed by atoms with Crippen molar-refractivity contribution in [2.24, 2.45) is 5.92 Å². The lowest BCUT2D eigenvalue weighted by Gasteiger charge is -2.27. The first-order valence-corrected chi connectivity index (χ1v) is 19.0. The molecule has 2 heterocycles. The summed E-state index contributed by atoms with van der Waals surface area (Å²) in [5, 5.41) is 8.04. The number of unbranched alkanes of at least 4 members (excludes halogenated alkanes) is 2. The van der Waals surface area contributed by atoms with Crippen molar-refractivity contribution in [1.29, 1.82) is 0 Å². The van der Waals surface area contributed by atoms with Crippen LogP contribution >= 0.6 is 0 Å². The fourth-order valence-corrected chi connectivity index (χ4v) is 8.57. The molecule has 6 aromatic rings. The van der Waals surface area contributed by atoms with Crippen LogP contribution in [0.4, 0.5) is 5.69 Å². The van der Waals surface area contributed by atoms with E-state index in [0.717, 1.165) is 44.5 Å². The van der Waals surface area contributed by atoms with Gasteiger partial charge in [0, 0.05) is 46.7 Å². The van der Waals surface area contributed by atoms with Gasteiger partial charge in [0.25, 0.3) is 0 Å². The Balaban J connectivity index is 1.31. The topological polar surface area (TPSA) is 17.2 Å². The number of rotatable bonds is 11. The van der Waals surface area contributed by atoms with E-state index in [1.54, 1.807) is 7.11 Å². The van der Waals surface area contributed by atoms with Crippen LogP contribution in [0.2, 0.25) is 0 Å². The predicted molar refractivity (Wildman–Crippen MR) is 217 cm³/mol. The van der Waals surface area contributed by atoms with Crippen LogP contribution in [0.5, 0.6) is 5.75 Å². The zero-order valence-corrected chi connectivity index (χ0v) is 30.6. The molecule has 256 valence electrons. The quantitative estimate of drug-likeness (QED) is 0.126. The van der Waals surface area contributed by atoms with Crippen molar-refractivity contribution in [2.75, 3.05) is 13.7 Å². The van der Waals surface area contributed by atoms with E-state index in [4.69, 9.17) is 4.74 Å². The number of hydrogen-bond donors (Lipinski definition) is 0. The molecule has 0 amide bonds. The zero-order chi connectivity index (χ0) is 34.9. The smallest absolute Gasteiger partial charge is 0.214 e. The van der Waals surface area contributed by atoms with E-state index in [2.05, 4.69) is 151 Å². The van der Waals surface area contributed by atoms with E-state index < -0.39 is 0 Å². The number of allylic oxidation sites excluding steroid dienone is 6. The van der Waals surface area contributed by atoms with Crippen molar-refractivity contribution in [3.05, 3.63) is 143 Å². The van der Waals surface area contributed by atoms with Gasteiger partial charge < -0.3 is 9.30 Å². The average molecular weight is 670 g/mol. The molecule has 0 bridgehead atoms. The highest BCUT2D eigenvalue weighted by Crippen LogP contribution is 2.41. The fourth-order valence-electron chi connectivity index (χ4n) is 8.57. The Morgan fingerprint density at radius 3 is 2.25 bits per heavy atom. The number of hydrogen-bond acceptors (Lipinski definition) is 1. The second kappa shape index (κ2) is 14.2. The number of aromatic nitrogens is 1. The molecule has 3 nitrogen and oxygen atoms in total. The number of nitrogens with zero attached hydrogens (tertiary/aromatic N) is 2. The van der Waals surface area contributed by atoms with Crippen LogP contribution in [0.15, 0.2) is 126 Å². The second-order valence-corrected chi connectivity index (χ2v) is 14.5. The van der Waals surface area contributed by atoms with E-state index >= 15 is 0 Å². The maximum atomic E-state index is 5.59. The van der Waals surface area contributed by atoms with Crippen LogP contribution in [0.3, 0.4) is 0 Å². The molecule has 1 aromatic heterocycles. The number of benzene rings is 5. The van der Waals surface area contributed by atoms with Crippen LogP contribution in [-0.2, 0) is 6.54 Å². The first-order chi connectivity index (χ1) is 25.1. The Morgan fingerprint density at radius 1 is 0.765 bits per heavy atom. The summed E-state index contributed by atoms with van der Waals surface area (Å²) < 4.78 is 10.7. The minimum absolute atomic E-state index is 0.530. The zero-order valence-electron chi connectivity index (χ0n) is 30.6. The van der Waals surface area contributed by atoms with Crippen LogP contribution in [-0.4, -0.2) is 28.5 Å². The van der Waals surface area contributed by atoms with Gasteiger partial charge in [-0.05, 0) is 88.6 Å². The summed E-state index contributed by atoms with van der Waals surface area (Å²) in [5.74, 6) is 1.41. The Kier molecular flexibility index (Phi) is 9.21. The SMILES string of the molecule is CCCCn1/c(=C/C=C2\CC(C)CC(/C=C/C3=[N+](CCCC)c4cccc5cccc3c45)=C2c2ccc(OC)cc2)c2cccc3cccc1c32. The van der Waals surface area contributed by atoms with Crippen LogP contribution in [0.25, 0.3) is 44.1 Å². The van der Waals surface area contributed by atoms with E-state index in [1.807, 2.05) is 0 Å². The van der Waals surface area contributed by atoms with Gasteiger partial charge >= 0.3 is 0 Å². The highest BCUT2D eigenvalue weighted by molar-refractivity contribution is 6.19. The molecule has 1 aliphatic carbocycles. The van der Waals surface area contributed by atoms with Crippen molar-refractivity contribution >= 4 is 55.5 Å². The lowest BCUT2D eigenvalue weighted by Crippen LogP contribution is -2.16. The summed E-state index contributed by atoms with van der Waals surface area (Å²) >= 11 is 0. The normalized spacial score (nSPS) is 17.5. The summed E-state index contributed by atoms with van der Waals surface area (Å²) in [6.07, 6.45) is 16.4. The molecule has 3 heteroatoms. The van der Waals surface area contributed by atoms with Gasteiger partial charge in [-0.2, -0.15) is 4.58 Å². The molecule has 5 aromatic carbocycles. The largest absolute Gasteiger partial charge is 0.497 e. The molecule has 8 rings (SSSR count). The summed E-state index contributed by atoms with van der Waals surface area (Å²) in [7, 11) is 1.74.